The first-order valence-corrected chi connectivity index (χ1v) is 12.3. The Hall–Kier alpha value is -3.64. The lowest BCUT2D eigenvalue weighted by Gasteiger charge is -2.21. The predicted molar refractivity (Wildman–Crippen MR) is 133 cm³/mol. The molecule has 0 aliphatic rings. The summed E-state index contributed by atoms with van der Waals surface area (Å²) in [6.07, 6.45) is -0.521. The number of benzene rings is 2. The van der Waals surface area contributed by atoms with E-state index in [1.807, 2.05) is 6.92 Å². The summed E-state index contributed by atoms with van der Waals surface area (Å²) in [7, 11) is 0.863. The van der Waals surface area contributed by atoms with Crippen LogP contribution < -0.4 is 10.1 Å². The number of carboxylic acids is 1. The van der Waals surface area contributed by atoms with Crippen LogP contribution in [0.4, 0.5) is 17.6 Å². The minimum atomic E-state index is -2.00. The number of nitrogens with zero attached hydrogens (tertiary/aromatic N) is 2. The second-order valence-electron chi connectivity index (χ2n) is 8.71. The second-order valence-corrected chi connectivity index (χ2v) is 9.12. The number of halogens is 5. The van der Waals surface area contributed by atoms with Gasteiger partial charge in [0.1, 0.15) is 5.69 Å². The van der Waals surface area contributed by atoms with Crippen molar-refractivity contribution in [1.82, 2.24) is 15.1 Å². The van der Waals surface area contributed by atoms with Crippen molar-refractivity contribution in [2.45, 2.75) is 51.3 Å². The molecule has 0 aliphatic carbocycles. The molecule has 0 aliphatic heterocycles. The number of unbranched alkanes of at least 4 members (excludes halogenated alkanes) is 1. The molecule has 0 saturated heterocycles. The van der Waals surface area contributed by atoms with Crippen molar-refractivity contribution in [2.75, 3.05) is 7.11 Å². The van der Waals surface area contributed by atoms with Gasteiger partial charge in [-0.05, 0) is 37.0 Å². The maximum absolute atomic E-state index is 14.6. The smallest absolute Gasteiger partial charge is 0.334 e. The normalized spacial score (nSPS) is 12.7. The van der Waals surface area contributed by atoms with E-state index in [0.717, 1.165) is 11.8 Å². The van der Waals surface area contributed by atoms with Crippen LogP contribution in [0.1, 0.15) is 47.1 Å². The lowest BCUT2D eigenvalue weighted by molar-refractivity contribution is -0.148. The van der Waals surface area contributed by atoms with E-state index < -0.39 is 65.1 Å². The topological polar surface area (TPSA) is 114 Å². The van der Waals surface area contributed by atoms with E-state index >= 15 is 0 Å². The fourth-order valence-electron chi connectivity index (χ4n) is 3.94. The lowest BCUT2D eigenvalue weighted by Crippen LogP contribution is -2.48. The molecule has 0 radical (unpaired) electrons. The molecule has 3 rings (SSSR count). The van der Waals surface area contributed by atoms with Crippen LogP contribution >= 0.6 is 11.6 Å². The first-order valence-electron chi connectivity index (χ1n) is 11.9. The average molecular weight is 572 g/mol. The number of carbonyl (C=O) groups is 2. The average Bonchev–Trinajstić information content (AvgIpc) is 3.32. The number of carbonyl (C=O) groups excluding carboxylic acids is 1. The number of rotatable bonds is 12. The number of methoxy groups -OCH3 is 1. The molecule has 1 amide bonds. The van der Waals surface area contributed by atoms with Crippen LogP contribution in [0.15, 0.2) is 30.3 Å². The molecule has 0 fully saturated rings. The van der Waals surface area contributed by atoms with Gasteiger partial charge in [-0.2, -0.15) is 13.9 Å². The Morgan fingerprint density at radius 1 is 1.13 bits per heavy atom. The van der Waals surface area contributed by atoms with E-state index in [1.54, 1.807) is 24.3 Å². The molecule has 2 atom stereocenters. The molecule has 39 heavy (non-hydrogen) atoms. The molecule has 0 spiro atoms. The van der Waals surface area contributed by atoms with Crippen LogP contribution in [0.25, 0.3) is 0 Å². The van der Waals surface area contributed by atoms with Crippen molar-refractivity contribution >= 4 is 23.5 Å². The molecular formula is C26H26ClF4N3O5. The van der Waals surface area contributed by atoms with Crippen LogP contribution in [0.5, 0.6) is 5.75 Å². The quantitative estimate of drug-likeness (QED) is 0.221. The fourth-order valence-corrected chi connectivity index (χ4v) is 4.16. The molecule has 2 aromatic carbocycles. The monoisotopic (exact) mass is 571 g/mol. The van der Waals surface area contributed by atoms with Crippen LogP contribution in [0, 0.1) is 23.3 Å². The van der Waals surface area contributed by atoms with Crippen LogP contribution in [0.2, 0.25) is 5.02 Å². The van der Waals surface area contributed by atoms with Gasteiger partial charge in [-0.25, -0.2) is 13.6 Å². The molecule has 0 unspecified atom stereocenters. The van der Waals surface area contributed by atoms with Crippen LogP contribution in [0.3, 0.4) is 0 Å². The van der Waals surface area contributed by atoms with E-state index in [9.17, 15) is 37.4 Å². The van der Waals surface area contributed by atoms with Gasteiger partial charge in [-0.3, -0.25) is 9.48 Å². The van der Waals surface area contributed by atoms with Crippen LogP contribution in [-0.4, -0.2) is 51.1 Å². The molecular weight excluding hydrogens is 546 g/mol. The van der Waals surface area contributed by atoms with Crippen molar-refractivity contribution in [3.8, 4) is 5.75 Å². The molecule has 210 valence electrons. The number of aliphatic hydroxyl groups is 1. The molecule has 1 heterocycles. The highest BCUT2D eigenvalue weighted by Crippen LogP contribution is 2.30. The van der Waals surface area contributed by atoms with Crippen molar-refractivity contribution in [3.63, 3.8) is 0 Å². The summed E-state index contributed by atoms with van der Waals surface area (Å²) in [5.74, 6) is -10.4. The van der Waals surface area contributed by atoms with Gasteiger partial charge in [0.25, 0.3) is 5.91 Å². The molecule has 1 aromatic heterocycles. The summed E-state index contributed by atoms with van der Waals surface area (Å²) in [4.78, 5) is 24.5. The van der Waals surface area contributed by atoms with Gasteiger partial charge < -0.3 is 20.3 Å². The first-order chi connectivity index (χ1) is 18.5. The first kappa shape index (κ1) is 29.9. The number of nitrogens with one attached hydrogen (secondary N) is 1. The third-order valence-corrected chi connectivity index (χ3v) is 6.43. The van der Waals surface area contributed by atoms with Gasteiger partial charge >= 0.3 is 5.97 Å². The zero-order valence-electron chi connectivity index (χ0n) is 21.0. The SMILES string of the molecule is CCCCc1cc(C(=O)N[C@H](Cc2ccccc2Cl)[C@@H](O)C(=O)O)nn1Cc1c(F)c(F)c(OC)c(F)c1F. The number of aliphatic carboxylic acids is 1. The van der Waals surface area contributed by atoms with Crippen LogP contribution in [-0.2, 0) is 24.2 Å². The largest absolute Gasteiger partial charge is 0.491 e. The molecule has 8 nitrogen and oxygen atoms in total. The van der Waals surface area contributed by atoms with Crippen molar-refractivity contribution in [2.24, 2.45) is 0 Å². The van der Waals surface area contributed by atoms with Gasteiger partial charge in [-0.15, -0.1) is 0 Å². The summed E-state index contributed by atoms with van der Waals surface area (Å²) < 4.78 is 63.2. The van der Waals surface area contributed by atoms with Gasteiger partial charge in [0.05, 0.1) is 25.3 Å². The van der Waals surface area contributed by atoms with Gasteiger partial charge in [0.15, 0.2) is 23.5 Å². The molecule has 13 heteroatoms. The number of hydrogen-bond donors (Lipinski definition) is 3. The summed E-state index contributed by atoms with van der Waals surface area (Å²) in [5.41, 5.74) is -0.429. The molecule has 0 bridgehead atoms. The highest BCUT2D eigenvalue weighted by molar-refractivity contribution is 6.31. The minimum Gasteiger partial charge on any atom is -0.491 e. The third-order valence-electron chi connectivity index (χ3n) is 6.06. The standard InChI is InChI=1S/C26H26ClF4N3O5/c1-3-4-8-14-11-18(33-34(14)12-15-19(28)21(30)24(39-2)22(31)20(15)29)25(36)32-17(23(35)26(37)38)10-13-7-5-6-9-16(13)27/h5-7,9,11,17,23,35H,3-4,8,10,12H2,1-2H3,(H,32,36)(H,37,38)/t17-,23-/m1/s1. The number of aromatic nitrogens is 2. The molecule has 0 saturated carbocycles. The zero-order chi connectivity index (χ0) is 28.9. The van der Waals surface area contributed by atoms with Gasteiger partial charge in [0.2, 0.25) is 11.6 Å². The van der Waals surface area contributed by atoms with Crippen molar-refractivity contribution in [1.29, 1.82) is 0 Å². The van der Waals surface area contributed by atoms with Gasteiger partial charge in [0, 0.05) is 10.7 Å². The number of aliphatic hydroxyl groups excluding tert-OH is 1. The van der Waals surface area contributed by atoms with E-state index in [-0.39, 0.29) is 12.1 Å². The maximum Gasteiger partial charge on any atom is 0.334 e. The summed E-state index contributed by atoms with van der Waals surface area (Å²) in [5, 5.41) is 26.3. The lowest BCUT2D eigenvalue weighted by atomic mass is 10.0. The summed E-state index contributed by atoms with van der Waals surface area (Å²) in [6.45, 7) is 1.14. The number of aryl methyl sites for hydroxylation is 1. The Bertz CT molecular complexity index is 1340. The van der Waals surface area contributed by atoms with Crippen molar-refractivity contribution in [3.05, 3.63) is 81.1 Å². The minimum absolute atomic E-state index is 0.136. The highest BCUT2D eigenvalue weighted by Gasteiger charge is 2.30. The number of ether oxygens (including phenoxy) is 1. The Morgan fingerprint density at radius 2 is 1.77 bits per heavy atom. The third kappa shape index (κ3) is 6.69. The Kier molecular flexibility index (Phi) is 9.92. The Morgan fingerprint density at radius 3 is 2.33 bits per heavy atom. The summed E-state index contributed by atoms with van der Waals surface area (Å²) >= 11 is 6.14. The highest BCUT2D eigenvalue weighted by atomic mass is 35.5. The summed E-state index contributed by atoms with van der Waals surface area (Å²) in [6, 6.07) is 6.47. The van der Waals surface area contributed by atoms with E-state index in [0.29, 0.717) is 35.5 Å². The Labute approximate surface area is 226 Å². The maximum atomic E-state index is 14.6. The predicted octanol–water partition coefficient (Wildman–Crippen LogP) is 4.28. The van der Waals surface area contributed by atoms with E-state index in [2.05, 4.69) is 15.2 Å². The number of carboxylic acid groups (broad SMARTS) is 1. The molecule has 3 aromatic rings. The van der Waals surface area contributed by atoms with Gasteiger partial charge in [-0.1, -0.05) is 43.1 Å². The zero-order valence-corrected chi connectivity index (χ0v) is 21.7. The number of amides is 1. The Balaban J connectivity index is 1.95. The molecule has 3 N–H and O–H groups in total. The van der Waals surface area contributed by atoms with E-state index in [4.69, 9.17) is 11.6 Å². The number of hydrogen-bond acceptors (Lipinski definition) is 5. The van der Waals surface area contributed by atoms with Crippen molar-refractivity contribution < 1.29 is 42.1 Å². The fraction of sp³-hybridized carbons (Fsp3) is 0.346. The van der Waals surface area contributed by atoms with E-state index in [1.165, 1.54) is 6.07 Å². The second kappa shape index (κ2) is 12.9.